The van der Waals surface area contributed by atoms with Gasteiger partial charge in [0.2, 0.25) is 5.95 Å². The van der Waals surface area contributed by atoms with Crippen LogP contribution < -0.4 is 5.73 Å². The van der Waals surface area contributed by atoms with Gasteiger partial charge in [-0.05, 0) is 29.7 Å². The fraction of sp³-hybridized carbons (Fsp3) is 0.875. The molecule has 14 heavy (non-hydrogen) atoms. The molecule has 1 atom stereocenters. The lowest BCUT2D eigenvalue weighted by Gasteiger charge is -2.14. The average Bonchev–Trinajstić information content (AvgIpc) is 2.75. The third-order valence-electron chi connectivity index (χ3n) is 3.12. The molecule has 2 N–H and O–H groups in total. The number of anilines is 1. The minimum absolute atomic E-state index is 0.380. The number of nitrogen functional groups attached to an aromatic ring is 1. The summed E-state index contributed by atoms with van der Waals surface area (Å²) in [6, 6.07) is 1.21. The molecule has 1 aromatic heterocycles. The highest BCUT2D eigenvalue weighted by Crippen LogP contribution is 2.33. The number of nitrogens with two attached hydrogens (primary N) is 1. The number of tetrazole rings is 1. The molecule has 0 spiro atoms. The molecule has 0 aromatic carbocycles. The summed E-state index contributed by atoms with van der Waals surface area (Å²) in [5, 5.41) is 11.2. The largest absolute Gasteiger partial charge is 0.367 e. The van der Waals surface area contributed by atoms with Crippen LogP contribution in [-0.4, -0.2) is 44.2 Å². The van der Waals surface area contributed by atoms with Crippen LogP contribution in [0.1, 0.15) is 25.3 Å². The molecule has 2 fully saturated rings. The van der Waals surface area contributed by atoms with E-state index in [1.54, 1.807) is 4.68 Å². The van der Waals surface area contributed by atoms with Crippen LogP contribution in [0.4, 0.5) is 5.95 Å². The summed E-state index contributed by atoms with van der Waals surface area (Å²) in [6.07, 6.45) is 3.83. The maximum Gasteiger partial charge on any atom is 0.240 e. The highest BCUT2D eigenvalue weighted by molar-refractivity contribution is 5.12. The Balaban J connectivity index is 1.72. The van der Waals surface area contributed by atoms with Crippen LogP contribution in [0.25, 0.3) is 0 Å². The summed E-state index contributed by atoms with van der Waals surface area (Å²) in [5.41, 5.74) is 5.67. The third-order valence-corrected chi connectivity index (χ3v) is 3.12. The van der Waals surface area contributed by atoms with Gasteiger partial charge in [0.05, 0.1) is 6.04 Å². The van der Waals surface area contributed by atoms with Crippen LogP contribution in [0.3, 0.4) is 0 Å². The molecule has 1 saturated carbocycles. The second-order valence-electron chi connectivity index (χ2n) is 4.15. The van der Waals surface area contributed by atoms with E-state index in [4.69, 9.17) is 5.73 Å². The summed E-state index contributed by atoms with van der Waals surface area (Å²) in [5.74, 6) is 0.438. The first kappa shape index (κ1) is 8.16. The monoisotopic (exact) mass is 194 g/mol. The van der Waals surface area contributed by atoms with Crippen LogP contribution in [-0.2, 0) is 0 Å². The molecule has 76 valence electrons. The zero-order valence-electron chi connectivity index (χ0n) is 8.00. The molecule has 1 aliphatic carbocycles. The number of hydrogen-bond acceptors (Lipinski definition) is 5. The highest BCUT2D eigenvalue weighted by atomic mass is 15.6. The van der Waals surface area contributed by atoms with Gasteiger partial charge in [0.15, 0.2) is 0 Å². The van der Waals surface area contributed by atoms with Gasteiger partial charge in [0, 0.05) is 19.1 Å². The van der Waals surface area contributed by atoms with Crippen molar-refractivity contribution in [1.82, 2.24) is 25.1 Å². The van der Waals surface area contributed by atoms with Crippen molar-refractivity contribution < 1.29 is 0 Å². The predicted molar refractivity (Wildman–Crippen MR) is 50.5 cm³/mol. The second kappa shape index (κ2) is 2.91. The van der Waals surface area contributed by atoms with E-state index < -0.39 is 0 Å². The van der Waals surface area contributed by atoms with Crippen LogP contribution in [0.15, 0.2) is 0 Å². The van der Waals surface area contributed by atoms with E-state index in [2.05, 4.69) is 20.4 Å². The fourth-order valence-electron chi connectivity index (χ4n) is 2.20. The lowest BCUT2D eigenvalue weighted by molar-refractivity contribution is 0.309. The van der Waals surface area contributed by atoms with Crippen molar-refractivity contribution in [1.29, 1.82) is 0 Å². The molecule has 2 heterocycles. The number of likely N-dealkylation sites (tertiary alicyclic amines) is 1. The smallest absolute Gasteiger partial charge is 0.240 e. The lowest BCUT2D eigenvalue weighted by Crippen LogP contribution is -2.24. The van der Waals surface area contributed by atoms with E-state index >= 15 is 0 Å². The Kier molecular flexibility index (Phi) is 1.70. The molecule has 6 nitrogen and oxygen atoms in total. The third kappa shape index (κ3) is 1.26. The molecule has 0 radical (unpaired) electrons. The van der Waals surface area contributed by atoms with E-state index in [0.29, 0.717) is 12.0 Å². The Hall–Kier alpha value is -1.17. The molecule has 0 amide bonds. The molecule has 3 rings (SSSR count). The van der Waals surface area contributed by atoms with Crippen LogP contribution in [0, 0.1) is 0 Å². The van der Waals surface area contributed by atoms with Gasteiger partial charge in [-0.3, -0.25) is 4.90 Å². The molecule has 0 bridgehead atoms. The molecule has 1 saturated heterocycles. The summed E-state index contributed by atoms with van der Waals surface area (Å²) in [7, 11) is 0. The molecule has 6 heteroatoms. The number of hydrogen-bond donors (Lipinski definition) is 1. The topological polar surface area (TPSA) is 72.9 Å². The van der Waals surface area contributed by atoms with Crippen molar-refractivity contribution in [2.45, 2.75) is 31.3 Å². The Bertz CT molecular complexity index is 330. The lowest BCUT2D eigenvalue weighted by atomic mass is 10.3. The van der Waals surface area contributed by atoms with Crippen molar-refractivity contribution in [2.24, 2.45) is 0 Å². The Morgan fingerprint density at radius 1 is 1.21 bits per heavy atom. The second-order valence-corrected chi connectivity index (χ2v) is 4.15. The van der Waals surface area contributed by atoms with E-state index in [9.17, 15) is 0 Å². The van der Waals surface area contributed by atoms with E-state index in [1.165, 1.54) is 12.8 Å². The summed E-state index contributed by atoms with van der Waals surface area (Å²) >= 11 is 0. The fourth-order valence-corrected chi connectivity index (χ4v) is 2.20. The molecular weight excluding hydrogens is 180 g/mol. The van der Waals surface area contributed by atoms with Gasteiger partial charge in [-0.2, -0.15) is 0 Å². The maximum absolute atomic E-state index is 5.67. The van der Waals surface area contributed by atoms with Crippen molar-refractivity contribution in [3.8, 4) is 0 Å². The minimum Gasteiger partial charge on any atom is -0.367 e. The first-order valence-corrected chi connectivity index (χ1v) is 5.12. The Labute approximate surface area is 82.1 Å². The maximum atomic E-state index is 5.67. The average molecular weight is 194 g/mol. The molecule has 1 unspecified atom stereocenters. The summed E-state index contributed by atoms with van der Waals surface area (Å²) in [4.78, 5) is 2.52. The van der Waals surface area contributed by atoms with Crippen molar-refractivity contribution in [3.05, 3.63) is 0 Å². The number of rotatable bonds is 2. The van der Waals surface area contributed by atoms with E-state index in [0.717, 1.165) is 25.6 Å². The molecule has 1 aliphatic heterocycles. The van der Waals surface area contributed by atoms with Crippen LogP contribution in [0.5, 0.6) is 0 Å². The van der Waals surface area contributed by atoms with Gasteiger partial charge >= 0.3 is 0 Å². The van der Waals surface area contributed by atoms with Gasteiger partial charge in [-0.25, -0.2) is 4.68 Å². The van der Waals surface area contributed by atoms with Gasteiger partial charge < -0.3 is 5.73 Å². The molecule has 1 aromatic rings. The Morgan fingerprint density at radius 3 is 2.71 bits per heavy atom. The predicted octanol–water partition coefficient (Wildman–Crippen LogP) is -0.336. The van der Waals surface area contributed by atoms with Gasteiger partial charge in [0.1, 0.15) is 0 Å². The van der Waals surface area contributed by atoms with Crippen LogP contribution in [0.2, 0.25) is 0 Å². The molecular formula is C8H14N6. The van der Waals surface area contributed by atoms with Crippen molar-refractivity contribution in [2.75, 3.05) is 18.8 Å². The minimum atomic E-state index is 0.380. The van der Waals surface area contributed by atoms with Gasteiger partial charge in [-0.1, -0.05) is 5.10 Å². The number of aromatic nitrogens is 4. The van der Waals surface area contributed by atoms with Gasteiger partial charge in [-0.15, -0.1) is 0 Å². The van der Waals surface area contributed by atoms with E-state index in [-0.39, 0.29) is 0 Å². The zero-order chi connectivity index (χ0) is 9.54. The Morgan fingerprint density at radius 2 is 2.07 bits per heavy atom. The molecule has 2 aliphatic rings. The SMILES string of the molecule is Nc1nnnn1C1CCN(C2CC2)C1. The first-order valence-electron chi connectivity index (χ1n) is 5.12. The van der Waals surface area contributed by atoms with Gasteiger partial charge in [0.25, 0.3) is 0 Å². The standard InChI is InChI=1S/C8H14N6/c9-8-10-11-12-14(8)7-3-4-13(5-7)6-1-2-6/h6-7H,1-5H2,(H2,9,10,12). The quantitative estimate of drug-likeness (QED) is 0.697. The summed E-state index contributed by atoms with van der Waals surface area (Å²) < 4.78 is 1.75. The summed E-state index contributed by atoms with van der Waals surface area (Å²) in [6.45, 7) is 2.22. The zero-order valence-corrected chi connectivity index (χ0v) is 8.00. The number of nitrogens with zero attached hydrogens (tertiary/aromatic N) is 5. The normalized spacial score (nSPS) is 28.4. The highest BCUT2D eigenvalue weighted by Gasteiger charge is 2.35. The van der Waals surface area contributed by atoms with Crippen molar-refractivity contribution in [3.63, 3.8) is 0 Å². The van der Waals surface area contributed by atoms with Crippen molar-refractivity contribution >= 4 is 5.95 Å². The van der Waals surface area contributed by atoms with Crippen LogP contribution >= 0.6 is 0 Å². The van der Waals surface area contributed by atoms with E-state index in [1.807, 2.05) is 0 Å². The first-order chi connectivity index (χ1) is 6.84.